The van der Waals surface area contributed by atoms with Gasteiger partial charge in [-0.3, -0.25) is 9.78 Å². The molecular formula is C35H32N4O5S. The van der Waals surface area contributed by atoms with Crippen LogP contribution in [0.15, 0.2) is 109 Å². The molecule has 2 amide bonds. The van der Waals surface area contributed by atoms with Gasteiger partial charge in [-0.2, -0.15) is 0 Å². The van der Waals surface area contributed by atoms with E-state index in [0.29, 0.717) is 28.8 Å². The maximum Gasteiger partial charge on any atom is 0.408 e. The minimum Gasteiger partial charge on any atom is -0.465 e. The number of amides is 2. The van der Waals surface area contributed by atoms with Gasteiger partial charge in [0.1, 0.15) is 11.6 Å². The molecule has 0 spiro atoms. The van der Waals surface area contributed by atoms with Crippen molar-refractivity contribution in [1.82, 2.24) is 20.6 Å². The average Bonchev–Trinajstić information content (AvgIpc) is 3.51. The quantitative estimate of drug-likeness (QED) is 0.162. The molecule has 1 unspecified atom stereocenters. The van der Waals surface area contributed by atoms with E-state index < -0.39 is 24.0 Å². The lowest BCUT2D eigenvalue weighted by Crippen LogP contribution is -2.31. The number of nitrogens with zero attached hydrogens (tertiary/aromatic N) is 2. The number of hydrogen-bond acceptors (Lipinski definition) is 8. The standard InChI is InChI=1S/C35H32N4O5S/c1-23(33(40)37-21-31-38-29-12-6-7-13-30(29)45-31)19-28(27-11-8-18-36-20-27)32(25-14-16-26(17-15-25)34(41)43-2)39-35(42)44-22-24-9-4-3-5-10-24/h3-20,23,32H,21-22H2,1-2H3,(H,37,40)(H,39,42)/b28-19+/t23-,32?/m1/s1. The lowest BCUT2D eigenvalue weighted by Gasteiger charge is -2.24. The first-order valence-electron chi connectivity index (χ1n) is 14.3. The number of esters is 1. The van der Waals surface area contributed by atoms with Gasteiger partial charge in [-0.15, -0.1) is 11.3 Å². The number of benzene rings is 3. The van der Waals surface area contributed by atoms with Crippen molar-refractivity contribution in [3.8, 4) is 0 Å². The fraction of sp³-hybridized carbons (Fsp3) is 0.171. The lowest BCUT2D eigenvalue weighted by atomic mass is 9.90. The van der Waals surface area contributed by atoms with Crippen LogP contribution in [-0.4, -0.2) is 35.0 Å². The SMILES string of the molecule is COC(=O)c1ccc(C(NC(=O)OCc2ccccc2)/C(=C/[C@@H](C)C(=O)NCc2nc3ccccc3s2)c2cccnc2)cc1. The number of carbonyl (C=O) groups is 3. The number of fused-ring (bicyclic) bond motifs is 1. The zero-order valence-electron chi connectivity index (χ0n) is 24.8. The van der Waals surface area contributed by atoms with Gasteiger partial charge in [0.2, 0.25) is 5.91 Å². The Bertz CT molecular complexity index is 1760. The Hall–Kier alpha value is -5.35. The van der Waals surface area contributed by atoms with Crippen LogP contribution in [0.1, 0.15) is 45.0 Å². The van der Waals surface area contributed by atoms with E-state index in [4.69, 9.17) is 9.47 Å². The largest absolute Gasteiger partial charge is 0.465 e. The summed E-state index contributed by atoms with van der Waals surface area (Å²) in [5, 5.41) is 6.76. The molecule has 0 aliphatic rings. The number of methoxy groups -OCH3 is 1. The fourth-order valence-corrected chi connectivity index (χ4v) is 5.62. The highest BCUT2D eigenvalue weighted by atomic mass is 32.1. The summed E-state index contributed by atoms with van der Waals surface area (Å²) in [6.45, 7) is 2.16. The van der Waals surface area contributed by atoms with Crippen molar-refractivity contribution in [2.24, 2.45) is 5.92 Å². The number of hydrogen-bond donors (Lipinski definition) is 2. The molecule has 5 aromatic rings. The average molecular weight is 621 g/mol. The van der Waals surface area contributed by atoms with Crippen LogP contribution in [0.25, 0.3) is 15.8 Å². The zero-order chi connectivity index (χ0) is 31.6. The second-order valence-electron chi connectivity index (χ2n) is 10.2. The molecule has 10 heteroatoms. The Morgan fingerprint density at radius 3 is 2.38 bits per heavy atom. The van der Waals surface area contributed by atoms with Crippen LogP contribution in [-0.2, 0) is 27.4 Å². The summed E-state index contributed by atoms with van der Waals surface area (Å²) in [6.07, 6.45) is 4.48. The van der Waals surface area contributed by atoms with Crippen LogP contribution >= 0.6 is 11.3 Å². The topological polar surface area (TPSA) is 120 Å². The van der Waals surface area contributed by atoms with E-state index in [1.165, 1.54) is 18.4 Å². The van der Waals surface area contributed by atoms with E-state index in [1.807, 2.05) is 60.7 Å². The molecule has 45 heavy (non-hydrogen) atoms. The molecule has 5 rings (SSSR count). The van der Waals surface area contributed by atoms with Crippen LogP contribution in [0, 0.1) is 5.92 Å². The third-order valence-electron chi connectivity index (χ3n) is 7.04. The number of nitrogens with one attached hydrogen (secondary N) is 2. The predicted molar refractivity (Wildman–Crippen MR) is 173 cm³/mol. The lowest BCUT2D eigenvalue weighted by molar-refractivity contribution is -0.123. The second-order valence-corrected chi connectivity index (χ2v) is 11.3. The van der Waals surface area contributed by atoms with Gasteiger partial charge in [-0.25, -0.2) is 14.6 Å². The van der Waals surface area contributed by atoms with Crippen molar-refractivity contribution in [1.29, 1.82) is 0 Å². The number of carbonyl (C=O) groups excluding carboxylic acids is 3. The van der Waals surface area contributed by atoms with Crippen molar-refractivity contribution in [2.45, 2.75) is 26.1 Å². The van der Waals surface area contributed by atoms with E-state index in [1.54, 1.807) is 55.7 Å². The molecule has 228 valence electrons. The van der Waals surface area contributed by atoms with Gasteiger partial charge in [0.25, 0.3) is 0 Å². The summed E-state index contributed by atoms with van der Waals surface area (Å²) in [5.74, 6) is -1.27. The molecule has 0 aliphatic heterocycles. The van der Waals surface area contributed by atoms with Crippen molar-refractivity contribution >= 4 is 45.1 Å². The molecule has 0 radical (unpaired) electrons. The summed E-state index contributed by atoms with van der Waals surface area (Å²) >= 11 is 1.53. The number of ether oxygens (including phenoxy) is 2. The number of aromatic nitrogens is 2. The number of rotatable bonds is 11. The first kappa shape index (κ1) is 31.1. The van der Waals surface area contributed by atoms with E-state index >= 15 is 0 Å². The number of para-hydroxylation sites is 1. The van der Waals surface area contributed by atoms with Gasteiger partial charge in [0, 0.05) is 12.4 Å². The van der Waals surface area contributed by atoms with Crippen molar-refractivity contribution in [3.63, 3.8) is 0 Å². The highest BCUT2D eigenvalue weighted by Crippen LogP contribution is 2.32. The predicted octanol–water partition coefficient (Wildman–Crippen LogP) is 6.48. The van der Waals surface area contributed by atoms with Crippen LogP contribution < -0.4 is 10.6 Å². The normalized spacial score (nSPS) is 12.6. The van der Waals surface area contributed by atoms with E-state index in [9.17, 15) is 14.4 Å². The second kappa shape index (κ2) is 14.9. The highest BCUT2D eigenvalue weighted by Gasteiger charge is 2.24. The Kier molecular flexibility index (Phi) is 10.3. The zero-order valence-corrected chi connectivity index (χ0v) is 25.6. The Morgan fingerprint density at radius 2 is 1.67 bits per heavy atom. The molecule has 2 atom stereocenters. The summed E-state index contributed by atoms with van der Waals surface area (Å²) < 4.78 is 11.5. The van der Waals surface area contributed by atoms with Gasteiger partial charge in [0.05, 0.1) is 41.4 Å². The van der Waals surface area contributed by atoms with E-state index in [-0.39, 0.29) is 12.5 Å². The fourth-order valence-electron chi connectivity index (χ4n) is 4.71. The molecule has 2 aromatic heterocycles. The maximum absolute atomic E-state index is 13.3. The smallest absolute Gasteiger partial charge is 0.408 e. The van der Waals surface area contributed by atoms with Gasteiger partial charge < -0.3 is 20.1 Å². The van der Waals surface area contributed by atoms with Crippen molar-refractivity contribution in [2.75, 3.05) is 7.11 Å². The Labute approximate surface area is 265 Å². The number of pyridine rings is 1. The Balaban J connectivity index is 1.42. The molecule has 0 aliphatic carbocycles. The molecule has 2 heterocycles. The molecule has 0 saturated heterocycles. The number of alkyl carbamates (subject to hydrolysis) is 1. The third kappa shape index (κ3) is 8.18. The summed E-state index contributed by atoms with van der Waals surface area (Å²) in [4.78, 5) is 47.5. The summed E-state index contributed by atoms with van der Waals surface area (Å²) in [7, 11) is 1.32. The number of thiazole rings is 1. The van der Waals surface area contributed by atoms with Crippen LogP contribution in [0.3, 0.4) is 0 Å². The molecule has 3 aromatic carbocycles. The molecule has 2 N–H and O–H groups in total. The minimum atomic E-state index is -0.747. The van der Waals surface area contributed by atoms with Gasteiger partial charge in [-0.1, -0.05) is 73.7 Å². The molecule has 0 fully saturated rings. The maximum atomic E-state index is 13.3. The van der Waals surface area contributed by atoms with Gasteiger partial charge >= 0.3 is 12.1 Å². The summed E-state index contributed by atoms with van der Waals surface area (Å²) in [5.41, 5.74) is 4.09. The molecule has 0 bridgehead atoms. The molecule has 0 saturated carbocycles. The van der Waals surface area contributed by atoms with Crippen LogP contribution in [0.4, 0.5) is 4.79 Å². The molecular weight excluding hydrogens is 588 g/mol. The first-order valence-corrected chi connectivity index (χ1v) is 15.1. The Morgan fingerprint density at radius 1 is 0.911 bits per heavy atom. The monoisotopic (exact) mass is 620 g/mol. The van der Waals surface area contributed by atoms with Crippen LogP contribution in [0.5, 0.6) is 0 Å². The van der Waals surface area contributed by atoms with Gasteiger partial charge in [0.15, 0.2) is 0 Å². The van der Waals surface area contributed by atoms with Gasteiger partial charge in [-0.05, 0) is 52.6 Å². The first-order chi connectivity index (χ1) is 21.9. The van der Waals surface area contributed by atoms with Crippen LogP contribution in [0.2, 0.25) is 0 Å². The van der Waals surface area contributed by atoms with E-state index in [0.717, 1.165) is 20.8 Å². The summed E-state index contributed by atoms with van der Waals surface area (Å²) in [6, 6.07) is 26.8. The van der Waals surface area contributed by atoms with Crippen molar-refractivity contribution < 1.29 is 23.9 Å². The third-order valence-corrected chi connectivity index (χ3v) is 8.08. The minimum absolute atomic E-state index is 0.0805. The molecule has 9 nitrogen and oxygen atoms in total. The van der Waals surface area contributed by atoms with Crippen molar-refractivity contribution in [3.05, 3.63) is 137 Å². The highest BCUT2D eigenvalue weighted by molar-refractivity contribution is 7.18. The van der Waals surface area contributed by atoms with E-state index in [2.05, 4.69) is 20.6 Å².